The van der Waals surface area contributed by atoms with Crippen LogP contribution in [0, 0.1) is 20.8 Å². The van der Waals surface area contributed by atoms with Crippen LogP contribution in [0.15, 0.2) is 18.3 Å². The van der Waals surface area contributed by atoms with E-state index in [2.05, 4.69) is 18.4 Å². The fraction of sp³-hybridized carbons (Fsp3) is 0.565. The molecule has 0 spiro atoms. The lowest BCUT2D eigenvalue weighted by atomic mass is 10.0. The second kappa shape index (κ2) is 8.09. The van der Waals surface area contributed by atoms with Crippen molar-refractivity contribution in [1.29, 1.82) is 0 Å². The predicted octanol–water partition coefficient (Wildman–Crippen LogP) is 3.71. The van der Waals surface area contributed by atoms with E-state index in [0.29, 0.717) is 12.6 Å². The summed E-state index contributed by atoms with van der Waals surface area (Å²) < 4.78 is 4.17. The first-order valence-corrected chi connectivity index (χ1v) is 10.5. The van der Waals surface area contributed by atoms with E-state index < -0.39 is 0 Å². The van der Waals surface area contributed by atoms with Crippen LogP contribution < -0.4 is 0 Å². The number of hydrogen-bond acceptors (Lipinski definition) is 2. The lowest BCUT2D eigenvalue weighted by molar-refractivity contribution is 0.0520. The van der Waals surface area contributed by atoms with Gasteiger partial charge in [-0.05, 0) is 59.6 Å². The van der Waals surface area contributed by atoms with Crippen molar-refractivity contribution in [3.63, 3.8) is 0 Å². The van der Waals surface area contributed by atoms with Crippen LogP contribution in [0.2, 0.25) is 0 Å². The zero-order valence-corrected chi connectivity index (χ0v) is 18.8. The average molecular weight is 399 g/mol. The molecule has 6 nitrogen and oxygen atoms in total. The Hall–Kier alpha value is -2.50. The number of aromatic nitrogens is 2. The molecule has 3 heterocycles. The SMILES string of the molecule is Cc1c(C(=O)N2CCCC(N(C)C(=O)c3cc(C)n(C)c3C)C2)ccn1C(C)C. The van der Waals surface area contributed by atoms with Crippen LogP contribution in [0.25, 0.3) is 0 Å². The molecule has 29 heavy (non-hydrogen) atoms. The minimum atomic E-state index is 0.0348. The highest BCUT2D eigenvalue weighted by molar-refractivity contribution is 5.97. The van der Waals surface area contributed by atoms with Crippen molar-refractivity contribution in [2.24, 2.45) is 7.05 Å². The minimum absolute atomic E-state index is 0.0348. The monoisotopic (exact) mass is 398 g/mol. The van der Waals surface area contributed by atoms with Crippen molar-refractivity contribution in [2.75, 3.05) is 20.1 Å². The molecule has 1 unspecified atom stereocenters. The van der Waals surface area contributed by atoms with E-state index >= 15 is 0 Å². The van der Waals surface area contributed by atoms with Gasteiger partial charge < -0.3 is 18.9 Å². The molecular formula is C23H34N4O2. The molecular weight excluding hydrogens is 364 g/mol. The Kier molecular flexibility index (Phi) is 5.92. The predicted molar refractivity (Wildman–Crippen MR) is 115 cm³/mol. The highest BCUT2D eigenvalue weighted by atomic mass is 16.2. The second-order valence-corrected chi connectivity index (χ2v) is 8.62. The Morgan fingerprint density at radius 3 is 2.38 bits per heavy atom. The standard InChI is InChI=1S/C23H34N4O2/c1-15(2)27-12-10-20(18(27)5)23(29)26-11-8-9-19(14-26)25(7)22(28)21-13-16(3)24(6)17(21)4/h10,12-13,15,19H,8-9,11,14H2,1-7H3. The molecule has 0 aromatic carbocycles. The number of amides is 2. The zero-order chi connectivity index (χ0) is 21.5. The van der Waals surface area contributed by atoms with Crippen LogP contribution in [0.3, 0.4) is 0 Å². The van der Waals surface area contributed by atoms with Crippen molar-refractivity contribution >= 4 is 11.8 Å². The number of hydrogen-bond donors (Lipinski definition) is 0. The lowest BCUT2D eigenvalue weighted by Gasteiger charge is -2.37. The van der Waals surface area contributed by atoms with E-state index in [1.807, 2.05) is 67.6 Å². The molecule has 1 aliphatic rings. The molecule has 0 saturated carbocycles. The van der Waals surface area contributed by atoms with Crippen molar-refractivity contribution in [2.45, 2.75) is 59.5 Å². The first-order valence-electron chi connectivity index (χ1n) is 10.5. The van der Waals surface area contributed by atoms with Crippen molar-refractivity contribution in [3.8, 4) is 0 Å². The molecule has 2 aromatic heterocycles. The van der Waals surface area contributed by atoms with Gasteiger partial charge in [0.05, 0.1) is 11.1 Å². The smallest absolute Gasteiger partial charge is 0.255 e. The van der Waals surface area contributed by atoms with Gasteiger partial charge in [0.25, 0.3) is 11.8 Å². The maximum Gasteiger partial charge on any atom is 0.255 e. The van der Waals surface area contributed by atoms with Gasteiger partial charge in [-0.1, -0.05) is 0 Å². The number of nitrogens with zero attached hydrogens (tertiary/aromatic N) is 4. The third-order valence-electron chi connectivity index (χ3n) is 6.52. The van der Waals surface area contributed by atoms with Crippen molar-refractivity contribution < 1.29 is 9.59 Å². The molecule has 0 aliphatic carbocycles. The van der Waals surface area contributed by atoms with Crippen LogP contribution in [-0.4, -0.2) is 56.9 Å². The Morgan fingerprint density at radius 2 is 1.83 bits per heavy atom. The van der Waals surface area contributed by atoms with Crippen LogP contribution in [0.4, 0.5) is 0 Å². The van der Waals surface area contributed by atoms with E-state index in [0.717, 1.165) is 47.6 Å². The van der Waals surface area contributed by atoms with E-state index in [1.165, 1.54) is 0 Å². The maximum atomic E-state index is 13.2. The second-order valence-electron chi connectivity index (χ2n) is 8.62. The summed E-state index contributed by atoms with van der Waals surface area (Å²) in [4.78, 5) is 30.0. The summed E-state index contributed by atoms with van der Waals surface area (Å²) in [6.07, 6.45) is 3.82. The normalized spacial score (nSPS) is 17.1. The van der Waals surface area contributed by atoms with Crippen LogP contribution in [-0.2, 0) is 7.05 Å². The fourth-order valence-corrected chi connectivity index (χ4v) is 4.37. The van der Waals surface area contributed by atoms with Gasteiger partial charge in [0.15, 0.2) is 0 Å². The van der Waals surface area contributed by atoms with Gasteiger partial charge in [0.1, 0.15) is 0 Å². The van der Waals surface area contributed by atoms with Crippen LogP contribution in [0.1, 0.15) is 70.5 Å². The molecule has 1 saturated heterocycles. The summed E-state index contributed by atoms with van der Waals surface area (Å²) in [5.41, 5.74) is 4.58. The van der Waals surface area contributed by atoms with Gasteiger partial charge >= 0.3 is 0 Å². The summed E-state index contributed by atoms with van der Waals surface area (Å²) in [5, 5.41) is 0. The third kappa shape index (κ3) is 3.85. The molecule has 6 heteroatoms. The zero-order valence-electron chi connectivity index (χ0n) is 18.8. The molecule has 2 amide bonds. The summed E-state index contributed by atoms with van der Waals surface area (Å²) in [6.45, 7) is 11.6. The Bertz CT molecular complexity index is 922. The lowest BCUT2D eigenvalue weighted by Crippen LogP contribution is -2.50. The molecule has 1 aliphatic heterocycles. The van der Waals surface area contributed by atoms with E-state index in [9.17, 15) is 9.59 Å². The highest BCUT2D eigenvalue weighted by Crippen LogP contribution is 2.23. The van der Waals surface area contributed by atoms with E-state index in [1.54, 1.807) is 0 Å². The molecule has 1 fully saturated rings. The van der Waals surface area contributed by atoms with Gasteiger partial charge in [0, 0.05) is 62.5 Å². The first kappa shape index (κ1) is 21.2. The number of likely N-dealkylation sites (tertiary alicyclic amines) is 1. The number of aryl methyl sites for hydroxylation is 1. The molecule has 1 atom stereocenters. The van der Waals surface area contributed by atoms with Gasteiger partial charge in [0.2, 0.25) is 0 Å². The minimum Gasteiger partial charge on any atom is -0.351 e. The Balaban J connectivity index is 1.75. The van der Waals surface area contributed by atoms with Gasteiger partial charge in [-0.3, -0.25) is 9.59 Å². The first-order chi connectivity index (χ1) is 13.6. The largest absolute Gasteiger partial charge is 0.351 e. The highest BCUT2D eigenvalue weighted by Gasteiger charge is 2.31. The van der Waals surface area contributed by atoms with Crippen molar-refractivity contribution in [1.82, 2.24) is 18.9 Å². The Labute approximate surface area is 174 Å². The summed E-state index contributed by atoms with van der Waals surface area (Å²) in [6, 6.07) is 4.24. The van der Waals surface area contributed by atoms with Crippen LogP contribution >= 0.6 is 0 Å². The maximum absolute atomic E-state index is 13.2. The molecule has 3 rings (SSSR count). The van der Waals surface area contributed by atoms with E-state index in [-0.39, 0.29) is 17.9 Å². The van der Waals surface area contributed by atoms with Gasteiger partial charge in [-0.25, -0.2) is 0 Å². The molecule has 0 radical (unpaired) electrons. The topological polar surface area (TPSA) is 50.5 Å². The molecule has 158 valence electrons. The van der Waals surface area contributed by atoms with Gasteiger partial charge in [-0.2, -0.15) is 0 Å². The number of rotatable bonds is 4. The quantitative estimate of drug-likeness (QED) is 0.788. The summed E-state index contributed by atoms with van der Waals surface area (Å²) >= 11 is 0. The third-order valence-corrected chi connectivity index (χ3v) is 6.52. The molecule has 2 aromatic rings. The number of carbonyl (C=O) groups excluding carboxylic acids is 2. The van der Waals surface area contributed by atoms with Crippen molar-refractivity contribution in [3.05, 3.63) is 46.5 Å². The molecule has 0 bridgehead atoms. The number of piperidine rings is 1. The van der Waals surface area contributed by atoms with E-state index in [4.69, 9.17) is 0 Å². The summed E-state index contributed by atoms with van der Waals surface area (Å²) in [5.74, 6) is 0.104. The molecule has 0 N–H and O–H groups in total. The van der Waals surface area contributed by atoms with Gasteiger partial charge in [-0.15, -0.1) is 0 Å². The average Bonchev–Trinajstić information content (AvgIpc) is 3.21. The number of carbonyl (C=O) groups is 2. The fourth-order valence-electron chi connectivity index (χ4n) is 4.37. The van der Waals surface area contributed by atoms with Crippen LogP contribution in [0.5, 0.6) is 0 Å². The number of likely N-dealkylation sites (N-methyl/N-ethyl adjacent to an activating group) is 1. The Morgan fingerprint density at radius 1 is 1.14 bits per heavy atom. The summed E-state index contributed by atoms with van der Waals surface area (Å²) in [7, 11) is 3.84.